The molecular formula is C10H16ClN3S. The topological polar surface area (TPSA) is 29.0 Å². The number of aromatic nitrogens is 2. The van der Waals surface area contributed by atoms with Crippen LogP contribution in [0.1, 0.15) is 38.3 Å². The summed E-state index contributed by atoms with van der Waals surface area (Å²) in [6.45, 7) is 4.30. The molecule has 0 aromatic carbocycles. The van der Waals surface area contributed by atoms with E-state index in [4.69, 9.17) is 11.6 Å². The van der Waals surface area contributed by atoms with Crippen LogP contribution in [0.15, 0.2) is 0 Å². The van der Waals surface area contributed by atoms with Gasteiger partial charge in [0.2, 0.25) is 0 Å². The minimum atomic E-state index is 0.705. The second-order valence-electron chi connectivity index (χ2n) is 4.02. The Bertz CT molecular complexity index is 315. The van der Waals surface area contributed by atoms with Crippen molar-refractivity contribution in [3.63, 3.8) is 0 Å². The molecule has 1 fully saturated rings. The maximum atomic E-state index is 6.02. The van der Waals surface area contributed by atoms with Gasteiger partial charge in [0.15, 0.2) is 0 Å². The molecule has 1 aliphatic heterocycles. The number of nitrogens with zero attached hydrogens (tertiary/aromatic N) is 3. The largest absolute Gasteiger partial charge is 0.294 e. The van der Waals surface area contributed by atoms with Crippen LogP contribution in [-0.2, 0) is 6.54 Å². The third kappa shape index (κ3) is 2.68. The van der Waals surface area contributed by atoms with Crippen molar-refractivity contribution in [1.82, 2.24) is 14.5 Å². The Morgan fingerprint density at radius 1 is 1.53 bits per heavy atom. The first-order valence-corrected chi connectivity index (χ1v) is 6.67. The van der Waals surface area contributed by atoms with Gasteiger partial charge in [0.1, 0.15) is 10.0 Å². The number of hydrogen-bond acceptors (Lipinski definition) is 4. The molecule has 1 aromatic heterocycles. The van der Waals surface area contributed by atoms with Gasteiger partial charge >= 0.3 is 0 Å². The molecule has 0 spiro atoms. The Hall–Kier alpha value is -0.190. The summed E-state index contributed by atoms with van der Waals surface area (Å²) >= 11 is 7.30. The van der Waals surface area contributed by atoms with Crippen LogP contribution >= 0.6 is 23.1 Å². The summed E-state index contributed by atoms with van der Waals surface area (Å²) in [6.07, 6.45) is 5.19. The number of hydrogen-bond donors (Lipinski definition) is 0. The normalized spacial score (nSPS) is 23.2. The van der Waals surface area contributed by atoms with E-state index < -0.39 is 0 Å². The SMILES string of the molecule is CCC1CCCCN1Cc1nnsc1Cl. The second kappa shape index (κ2) is 5.23. The van der Waals surface area contributed by atoms with Crippen LogP contribution in [0.5, 0.6) is 0 Å². The molecule has 0 amide bonds. The van der Waals surface area contributed by atoms with Crippen LogP contribution in [0.4, 0.5) is 0 Å². The fourth-order valence-electron chi connectivity index (χ4n) is 2.21. The standard InChI is InChI=1S/C10H16ClN3S/c1-2-8-5-3-4-6-14(8)7-9-10(11)15-13-12-9/h8H,2-7H2,1H3. The Kier molecular flexibility index (Phi) is 3.94. The minimum Gasteiger partial charge on any atom is -0.294 e. The van der Waals surface area contributed by atoms with Gasteiger partial charge in [-0.1, -0.05) is 29.4 Å². The molecule has 3 nitrogen and oxygen atoms in total. The smallest absolute Gasteiger partial charge is 0.138 e. The summed E-state index contributed by atoms with van der Waals surface area (Å²) in [5, 5.41) is 4.07. The van der Waals surface area contributed by atoms with Crippen LogP contribution in [-0.4, -0.2) is 27.1 Å². The van der Waals surface area contributed by atoms with Crippen molar-refractivity contribution in [1.29, 1.82) is 0 Å². The maximum Gasteiger partial charge on any atom is 0.138 e. The van der Waals surface area contributed by atoms with Crippen LogP contribution in [0.2, 0.25) is 4.34 Å². The summed E-state index contributed by atoms with van der Waals surface area (Å²) in [6, 6.07) is 0.705. The van der Waals surface area contributed by atoms with E-state index in [1.807, 2.05) is 0 Å². The molecule has 1 atom stereocenters. The summed E-state index contributed by atoms with van der Waals surface area (Å²) in [5.41, 5.74) is 0.946. The summed E-state index contributed by atoms with van der Waals surface area (Å²) < 4.78 is 4.62. The predicted octanol–water partition coefficient (Wildman–Crippen LogP) is 2.96. The van der Waals surface area contributed by atoms with E-state index in [1.54, 1.807) is 0 Å². The highest BCUT2D eigenvalue weighted by molar-refractivity contribution is 7.10. The highest BCUT2D eigenvalue weighted by atomic mass is 35.5. The Balaban J connectivity index is 2.00. The monoisotopic (exact) mass is 245 g/mol. The molecule has 1 aromatic rings. The molecule has 15 heavy (non-hydrogen) atoms. The number of rotatable bonds is 3. The average molecular weight is 246 g/mol. The average Bonchev–Trinajstić information content (AvgIpc) is 2.65. The van der Waals surface area contributed by atoms with E-state index in [1.165, 1.54) is 43.8 Å². The van der Waals surface area contributed by atoms with Gasteiger partial charge in [0.05, 0.1) is 0 Å². The van der Waals surface area contributed by atoms with Crippen molar-refractivity contribution in [2.75, 3.05) is 6.54 Å². The molecule has 1 saturated heterocycles. The van der Waals surface area contributed by atoms with Gasteiger partial charge in [0.25, 0.3) is 0 Å². The van der Waals surface area contributed by atoms with Crippen LogP contribution in [0, 0.1) is 0 Å². The lowest BCUT2D eigenvalue weighted by atomic mass is 10.00. The van der Waals surface area contributed by atoms with Gasteiger partial charge < -0.3 is 0 Å². The Morgan fingerprint density at radius 2 is 2.40 bits per heavy atom. The van der Waals surface area contributed by atoms with E-state index in [-0.39, 0.29) is 0 Å². The molecule has 0 bridgehead atoms. The van der Waals surface area contributed by atoms with Crippen LogP contribution < -0.4 is 0 Å². The fraction of sp³-hybridized carbons (Fsp3) is 0.800. The maximum absolute atomic E-state index is 6.02. The predicted molar refractivity (Wildman–Crippen MR) is 63.3 cm³/mol. The first kappa shape index (κ1) is 11.3. The van der Waals surface area contributed by atoms with E-state index in [2.05, 4.69) is 21.4 Å². The van der Waals surface area contributed by atoms with Crippen molar-refractivity contribution in [3.05, 3.63) is 10.0 Å². The lowest BCUT2D eigenvalue weighted by molar-refractivity contribution is 0.134. The van der Waals surface area contributed by atoms with Crippen molar-refractivity contribution in [2.45, 2.75) is 45.2 Å². The van der Waals surface area contributed by atoms with Crippen molar-refractivity contribution in [3.8, 4) is 0 Å². The van der Waals surface area contributed by atoms with Crippen molar-refractivity contribution < 1.29 is 0 Å². The van der Waals surface area contributed by atoms with E-state index >= 15 is 0 Å². The quantitative estimate of drug-likeness (QED) is 0.820. The van der Waals surface area contributed by atoms with Gasteiger partial charge in [-0.25, -0.2) is 0 Å². The molecule has 5 heteroatoms. The lowest BCUT2D eigenvalue weighted by Crippen LogP contribution is -2.38. The molecule has 84 valence electrons. The van der Waals surface area contributed by atoms with Crippen molar-refractivity contribution >= 4 is 23.1 Å². The molecule has 0 saturated carbocycles. The fourth-order valence-corrected chi connectivity index (χ4v) is 2.83. The molecule has 0 N–H and O–H groups in total. The second-order valence-corrected chi connectivity index (χ2v) is 5.38. The Morgan fingerprint density at radius 3 is 3.07 bits per heavy atom. The zero-order valence-corrected chi connectivity index (χ0v) is 10.5. The summed E-state index contributed by atoms with van der Waals surface area (Å²) in [7, 11) is 0. The van der Waals surface area contributed by atoms with Gasteiger partial charge in [-0.3, -0.25) is 4.90 Å². The minimum absolute atomic E-state index is 0.705. The lowest BCUT2D eigenvalue weighted by Gasteiger charge is -2.34. The van der Waals surface area contributed by atoms with Crippen LogP contribution in [0.25, 0.3) is 0 Å². The van der Waals surface area contributed by atoms with E-state index in [0.717, 1.165) is 16.6 Å². The first-order valence-electron chi connectivity index (χ1n) is 5.52. The Labute approximate surface area is 99.6 Å². The van der Waals surface area contributed by atoms with Gasteiger partial charge in [-0.2, -0.15) is 0 Å². The third-order valence-electron chi connectivity index (χ3n) is 3.08. The van der Waals surface area contributed by atoms with Gasteiger partial charge in [-0.15, -0.1) is 5.10 Å². The van der Waals surface area contributed by atoms with E-state index in [0.29, 0.717) is 6.04 Å². The molecule has 1 unspecified atom stereocenters. The van der Waals surface area contributed by atoms with Crippen molar-refractivity contribution in [2.24, 2.45) is 0 Å². The highest BCUT2D eigenvalue weighted by Crippen LogP contribution is 2.24. The zero-order chi connectivity index (χ0) is 10.7. The first-order chi connectivity index (χ1) is 7.31. The molecular weight excluding hydrogens is 230 g/mol. The van der Waals surface area contributed by atoms with Gasteiger partial charge in [-0.05, 0) is 25.8 Å². The number of piperidine rings is 1. The summed E-state index contributed by atoms with van der Waals surface area (Å²) in [5.74, 6) is 0. The molecule has 1 aliphatic rings. The highest BCUT2D eigenvalue weighted by Gasteiger charge is 2.22. The molecule has 2 heterocycles. The third-order valence-corrected chi connectivity index (χ3v) is 4.07. The zero-order valence-electron chi connectivity index (χ0n) is 8.95. The van der Waals surface area contributed by atoms with Gasteiger partial charge in [0, 0.05) is 24.1 Å². The molecule has 2 rings (SSSR count). The summed E-state index contributed by atoms with van der Waals surface area (Å²) in [4.78, 5) is 2.49. The van der Waals surface area contributed by atoms with E-state index in [9.17, 15) is 0 Å². The number of halogens is 1. The number of likely N-dealkylation sites (tertiary alicyclic amines) is 1. The van der Waals surface area contributed by atoms with Crippen LogP contribution in [0.3, 0.4) is 0 Å². The molecule has 0 aliphatic carbocycles. The molecule has 0 radical (unpaired) electrons.